The molecule has 0 fully saturated rings. The average molecular weight is 293 g/mol. The molecule has 0 aliphatic rings. The summed E-state index contributed by atoms with van der Waals surface area (Å²) in [6.07, 6.45) is 0. The first-order valence-corrected chi connectivity index (χ1v) is 6.71. The van der Waals surface area contributed by atoms with Crippen molar-refractivity contribution in [3.63, 3.8) is 0 Å². The molecule has 19 heavy (non-hydrogen) atoms. The predicted octanol–water partition coefficient (Wildman–Crippen LogP) is 3.23. The first-order chi connectivity index (χ1) is 9.11. The van der Waals surface area contributed by atoms with E-state index in [1.165, 1.54) is 11.3 Å². The molecule has 3 rings (SSSR count). The van der Waals surface area contributed by atoms with Crippen LogP contribution in [0, 0.1) is 6.92 Å². The summed E-state index contributed by atoms with van der Waals surface area (Å²) < 4.78 is 0. The van der Waals surface area contributed by atoms with Gasteiger partial charge in [-0.2, -0.15) is 0 Å². The van der Waals surface area contributed by atoms with Gasteiger partial charge in [0.15, 0.2) is 0 Å². The highest BCUT2D eigenvalue weighted by Crippen LogP contribution is 2.21. The van der Waals surface area contributed by atoms with Crippen molar-refractivity contribution in [2.45, 2.75) is 6.92 Å². The second-order valence-corrected chi connectivity index (χ2v) is 5.61. The molecule has 0 aliphatic heterocycles. The van der Waals surface area contributed by atoms with Crippen LogP contribution in [0.5, 0.6) is 0 Å². The number of nitrogens with zero attached hydrogens (tertiary/aromatic N) is 2. The Kier molecular flexibility index (Phi) is 2.96. The third-order valence-corrected chi connectivity index (χ3v) is 3.56. The molecule has 96 valence electrons. The zero-order valence-corrected chi connectivity index (χ0v) is 11.5. The summed E-state index contributed by atoms with van der Waals surface area (Å²) in [5.74, 6) is -0.247. The normalized spacial score (nSPS) is 10.8. The number of carbonyl (C=O) groups excluding carboxylic acids is 1. The predicted molar refractivity (Wildman–Crippen MR) is 75.9 cm³/mol. The number of benzene rings is 1. The lowest BCUT2D eigenvalue weighted by atomic mass is 10.2. The van der Waals surface area contributed by atoms with Crippen LogP contribution in [-0.4, -0.2) is 21.1 Å². The van der Waals surface area contributed by atoms with Crippen molar-refractivity contribution in [3.8, 4) is 0 Å². The lowest BCUT2D eigenvalue weighted by Gasteiger charge is -1.96. The molecule has 5 nitrogen and oxygen atoms in total. The van der Waals surface area contributed by atoms with Gasteiger partial charge in [-0.3, -0.25) is 10.1 Å². The number of halogens is 1. The van der Waals surface area contributed by atoms with Gasteiger partial charge in [-0.15, -0.1) is 10.2 Å². The Labute approximate surface area is 117 Å². The molecule has 0 aliphatic carbocycles. The Balaban J connectivity index is 1.89. The molecule has 0 spiro atoms. The molecule has 2 N–H and O–H groups in total. The van der Waals surface area contributed by atoms with Gasteiger partial charge in [0.05, 0.1) is 0 Å². The number of hydrogen-bond acceptors (Lipinski definition) is 4. The topological polar surface area (TPSA) is 70.7 Å². The SMILES string of the molecule is Cc1nnc(NC(=O)c2cc3cc(Cl)ccc3[nH]2)s1. The number of amides is 1. The first kappa shape index (κ1) is 12.1. The number of anilines is 1. The van der Waals surface area contributed by atoms with Crippen molar-refractivity contribution in [2.75, 3.05) is 5.32 Å². The van der Waals surface area contributed by atoms with E-state index in [2.05, 4.69) is 20.5 Å². The number of nitrogens with one attached hydrogen (secondary N) is 2. The minimum absolute atomic E-state index is 0.247. The highest BCUT2D eigenvalue weighted by molar-refractivity contribution is 7.15. The Hall–Kier alpha value is -1.92. The molecule has 1 aromatic carbocycles. The molecule has 0 atom stereocenters. The molecule has 2 aromatic heterocycles. The molecular weight excluding hydrogens is 284 g/mol. The zero-order chi connectivity index (χ0) is 13.4. The van der Waals surface area contributed by atoms with E-state index in [1.807, 2.05) is 13.0 Å². The number of fused-ring (bicyclic) bond motifs is 1. The molecule has 0 saturated carbocycles. The third kappa shape index (κ3) is 2.45. The summed E-state index contributed by atoms with van der Waals surface area (Å²) in [6.45, 7) is 1.83. The van der Waals surface area contributed by atoms with Crippen molar-refractivity contribution in [1.29, 1.82) is 0 Å². The van der Waals surface area contributed by atoms with E-state index in [0.29, 0.717) is 15.8 Å². The van der Waals surface area contributed by atoms with E-state index in [9.17, 15) is 4.79 Å². The Morgan fingerprint density at radius 2 is 2.21 bits per heavy atom. The maximum atomic E-state index is 12.0. The van der Waals surface area contributed by atoms with E-state index < -0.39 is 0 Å². The van der Waals surface area contributed by atoms with Gasteiger partial charge in [0.2, 0.25) is 5.13 Å². The van der Waals surface area contributed by atoms with E-state index >= 15 is 0 Å². The lowest BCUT2D eigenvalue weighted by Crippen LogP contribution is -2.11. The fourth-order valence-corrected chi connectivity index (χ4v) is 2.50. The van der Waals surface area contributed by atoms with Crippen LogP contribution in [0.4, 0.5) is 5.13 Å². The summed E-state index contributed by atoms with van der Waals surface area (Å²) in [5, 5.41) is 13.2. The van der Waals surface area contributed by atoms with Crippen molar-refractivity contribution < 1.29 is 4.79 Å². The number of carbonyl (C=O) groups is 1. The smallest absolute Gasteiger partial charge is 0.273 e. The van der Waals surface area contributed by atoms with Crippen LogP contribution in [0.2, 0.25) is 5.02 Å². The number of H-pyrrole nitrogens is 1. The zero-order valence-electron chi connectivity index (χ0n) is 9.90. The van der Waals surface area contributed by atoms with Crippen molar-refractivity contribution in [1.82, 2.24) is 15.2 Å². The van der Waals surface area contributed by atoms with Crippen LogP contribution in [0.3, 0.4) is 0 Å². The molecule has 1 amide bonds. The number of aromatic nitrogens is 3. The van der Waals surface area contributed by atoms with Gasteiger partial charge < -0.3 is 4.98 Å². The minimum Gasteiger partial charge on any atom is -0.351 e. The fourth-order valence-electron chi connectivity index (χ4n) is 1.74. The molecule has 0 bridgehead atoms. The third-order valence-electron chi connectivity index (χ3n) is 2.57. The van der Waals surface area contributed by atoms with Crippen molar-refractivity contribution in [3.05, 3.63) is 40.0 Å². The summed E-state index contributed by atoms with van der Waals surface area (Å²) >= 11 is 7.24. The molecule has 7 heteroatoms. The molecule has 2 heterocycles. The van der Waals surface area contributed by atoms with Gasteiger partial charge in [0, 0.05) is 15.9 Å². The number of rotatable bonds is 2. The van der Waals surface area contributed by atoms with Gasteiger partial charge in [0.25, 0.3) is 5.91 Å². The largest absolute Gasteiger partial charge is 0.351 e. The van der Waals surface area contributed by atoms with Gasteiger partial charge in [-0.25, -0.2) is 0 Å². The van der Waals surface area contributed by atoms with Crippen LogP contribution >= 0.6 is 22.9 Å². The van der Waals surface area contributed by atoms with Crippen LogP contribution < -0.4 is 5.32 Å². The van der Waals surface area contributed by atoms with Crippen LogP contribution in [0.25, 0.3) is 10.9 Å². The Morgan fingerprint density at radius 3 is 2.95 bits per heavy atom. The van der Waals surface area contributed by atoms with Crippen molar-refractivity contribution in [2.24, 2.45) is 0 Å². The van der Waals surface area contributed by atoms with Gasteiger partial charge in [-0.05, 0) is 31.2 Å². The van der Waals surface area contributed by atoms with E-state index in [-0.39, 0.29) is 5.91 Å². The summed E-state index contributed by atoms with van der Waals surface area (Å²) in [6, 6.07) is 7.17. The minimum atomic E-state index is -0.247. The number of aryl methyl sites for hydroxylation is 1. The van der Waals surface area contributed by atoms with E-state index in [0.717, 1.165) is 15.9 Å². The molecule has 0 unspecified atom stereocenters. The first-order valence-electron chi connectivity index (χ1n) is 5.51. The van der Waals surface area contributed by atoms with Crippen LogP contribution in [0.1, 0.15) is 15.5 Å². The van der Waals surface area contributed by atoms with Crippen molar-refractivity contribution >= 4 is 44.9 Å². The molecule has 3 aromatic rings. The van der Waals surface area contributed by atoms with E-state index in [1.54, 1.807) is 18.2 Å². The Bertz CT molecular complexity index is 764. The summed E-state index contributed by atoms with van der Waals surface area (Å²) in [7, 11) is 0. The van der Waals surface area contributed by atoms with Gasteiger partial charge >= 0.3 is 0 Å². The summed E-state index contributed by atoms with van der Waals surface area (Å²) in [5.41, 5.74) is 1.33. The highest BCUT2D eigenvalue weighted by atomic mass is 35.5. The standard InChI is InChI=1S/C12H9ClN4OS/c1-6-16-17-12(19-6)15-11(18)10-5-7-4-8(13)2-3-9(7)14-10/h2-5,14H,1H3,(H,15,17,18). The fraction of sp³-hybridized carbons (Fsp3) is 0.0833. The molecule has 0 radical (unpaired) electrons. The van der Waals surface area contributed by atoms with E-state index in [4.69, 9.17) is 11.6 Å². The summed E-state index contributed by atoms with van der Waals surface area (Å²) in [4.78, 5) is 15.1. The molecule has 0 saturated heterocycles. The second kappa shape index (κ2) is 4.64. The average Bonchev–Trinajstić information content (AvgIpc) is 2.95. The Morgan fingerprint density at radius 1 is 1.37 bits per heavy atom. The lowest BCUT2D eigenvalue weighted by molar-refractivity contribution is 0.102. The van der Waals surface area contributed by atoms with Gasteiger partial charge in [-0.1, -0.05) is 22.9 Å². The van der Waals surface area contributed by atoms with Gasteiger partial charge in [0.1, 0.15) is 10.7 Å². The highest BCUT2D eigenvalue weighted by Gasteiger charge is 2.12. The van der Waals surface area contributed by atoms with Crippen LogP contribution in [0.15, 0.2) is 24.3 Å². The number of hydrogen-bond donors (Lipinski definition) is 2. The monoisotopic (exact) mass is 292 g/mol. The quantitative estimate of drug-likeness (QED) is 0.762. The maximum absolute atomic E-state index is 12.0. The van der Waals surface area contributed by atoms with Crippen LogP contribution in [-0.2, 0) is 0 Å². The second-order valence-electron chi connectivity index (χ2n) is 3.99. The number of aromatic amines is 1. The molecular formula is C12H9ClN4OS. The maximum Gasteiger partial charge on any atom is 0.273 e.